The number of carbonyl (C=O) groups is 1. The van der Waals surface area contributed by atoms with Gasteiger partial charge in [0.25, 0.3) is 0 Å². The van der Waals surface area contributed by atoms with Gasteiger partial charge in [0.1, 0.15) is 17.8 Å². The van der Waals surface area contributed by atoms with Crippen LogP contribution in [0.1, 0.15) is 23.4 Å². The maximum absolute atomic E-state index is 10.4. The Bertz CT molecular complexity index is 579. The fourth-order valence-electron chi connectivity index (χ4n) is 1.73. The van der Waals surface area contributed by atoms with Crippen LogP contribution < -0.4 is 0 Å². The van der Waals surface area contributed by atoms with Crippen molar-refractivity contribution in [1.82, 2.24) is 19.7 Å². The number of aryl methyl sites for hydroxylation is 1. The molecule has 94 valence electrons. The summed E-state index contributed by atoms with van der Waals surface area (Å²) in [6.45, 7) is 3.95. The molecule has 0 aliphatic rings. The second-order valence-electron chi connectivity index (χ2n) is 3.97. The van der Waals surface area contributed by atoms with E-state index >= 15 is 0 Å². The molecular weight excluding hydrogens is 252 g/mol. The van der Waals surface area contributed by atoms with Crippen LogP contribution in [0.5, 0.6) is 0 Å². The smallest absolute Gasteiger partial charge is 0.158 e. The van der Waals surface area contributed by atoms with Crippen LogP contribution in [0, 0.1) is 13.8 Å². The van der Waals surface area contributed by atoms with Crippen molar-refractivity contribution in [3.63, 3.8) is 0 Å². The number of hydrogen-bond donors (Lipinski definition) is 0. The van der Waals surface area contributed by atoms with Crippen molar-refractivity contribution in [2.24, 2.45) is 0 Å². The van der Waals surface area contributed by atoms with Crippen LogP contribution in [-0.4, -0.2) is 26.0 Å². The zero-order valence-electron chi connectivity index (χ0n) is 10.2. The van der Waals surface area contributed by atoms with Gasteiger partial charge in [-0.2, -0.15) is 5.10 Å². The maximum Gasteiger partial charge on any atom is 0.158 e. The molecule has 0 N–H and O–H groups in total. The Morgan fingerprint density at radius 3 is 2.83 bits per heavy atom. The number of hydrogen-bond acceptors (Lipinski definition) is 4. The fraction of sp³-hybridized carbons (Fsp3) is 0.333. The molecule has 2 heterocycles. The Kier molecular flexibility index (Phi) is 3.72. The molecule has 2 aromatic rings. The Labute approximate surface area is 110 Å². The lowest BCUT2D eigenvalue weighted by atomic mass is 10.1. The highest BCUT2D eigenvalue weighted by molar-refractivity contribution is 6.29. The number of nitrogens with zero attached hydrogens (tertiary/aromatic N) is 4. The predicted molar refractivity (Wildman–Crippen MR) is 68.0 cm³/mol. The first-order valence-corrected chi connectivity index (χ1v) is 5.98. The van der Waals surface area contributed by atoms with Gasteiger partial charge in [0, 0.05) is 18.2 Å². The summed E-state index contributed by atoms with van der Waals surface area (Å²) in [4.78, 5) is 18.4. The van der Waals surface area contributed by atoms with Gasteiger partial charge in [-0.15, -0.1) is 0 Å². The molecule has 5 nitrogen and oxygen atoms in total. The third-order valence-corrected chi connectivity index (χ3v) is 3.06. The van der Waals surface area contributed by atoms with E-state index in [1.54, 1.807) is 10.7 Å². The molecule has 0 aliphatic carbocycles. The first-order valence-electron chi connectivity index (χ1n) is 5.60. The first kappa shape index (κ1) is 12.7. The summed E-state index contributed by atoms with van der Waals surface area (Å²) in [5, 5.41) is 4.84. The van der Waals surface area contributed by atoms with E-state index in [9.17, 15) is 4.79 Å². The van der Waals surface area contributed by atoms with E-state index in [-0.39, 0.29) is 0 Å². The van der Waals surface area contributed by atoms with E-state index in [1.165, 1.54) is 6.33 Å². The van der Waals surface area contributed by atoms with Gasteiger partial charge in [-0.1, -0.05) is 11.6 Å². The van der Waals surface area contributed by atoms with E-state index in [4.69, 9.17) is 11.6 Å². The summed E-state index contributed by atoms with van der Waals surface area (Å²) < 4.78 is 1.73. The second kappa shape index (κ2) is 5.27. The molecule has 0 spiro atoms. The van der Waals surface area contributed by atoms with Crippen LogP contribution in [-0.2, 0) is 11.2 Å². The number of rotatable bonds is 4. The Morgan fingerprint density at radius 1 is 1.39 bits per heavy atom. The lowest BCUT2D eigenvalue weighted by Crippen LogP contribution is -2.02. The zero-order valence-corrected chi connectivity index (χ0v) is 11.0. The largest absolute Gasteiger partial charge is 0.303 e. The van der Waals surface area contributed by atoms with Crippen LogP contribution >= 0.6 is 11.6 Å². The number of carbonyl (C=O) groups excluding carboxylic acids is 1. The van der Waals surface area contributed by atoms with Crippen LogP contribution in [0.25, 0.3) is 5.82 Å². The zero-order chi connectivity index (χ0) is 13.1. The molecule has 18 heavy (non-hydrogen) atoms. The van der Waals surface area contributed by atoms with Gasteiger partial charge in [0.15, 0.2) is 5.82 Å². The fourth-order valence-corrected chi connectivity index (χ4v) is 1.88. The van der Waals surface area contributed by atoms with E-state index in [1.807, 2.05) is 13.8 Å². The molecule has 0 unspecified atom stereocenters. The molecule has 2 rings (SSSR count). The van der Waals surface area contributed by atoms with Crippen molar-refractivity contribution in [3.05, 3.63) is 34.5 Å². The van der Waals surface area contributed by atoms with Gasteiger partial charge < -0.3 is 4.79 Å². The summed E-state index contributed by atoms with van der Waals surface area (Å²) in [5.74, 6) is 0.632. The Hall–Kier alpha value is -1.75. The first-order chi connectivity index (χ1) is 8.63. The highest BCUT2D eigenvalue weighted by Crippen LogP contribution is 2.18. The Balaban J connectivity index is 2.42. The quantitative estimate of drug-likeness (QED) is 0.626. The minimum atomic E-state index is 0.377. The number of aldehydes is 1. The van der Waals surface area contributed by atoms with E-state index in [2.05, 4.69) is 15.1 Å². The van der Waals surface area contributed by atoms with Gasteiger partial charge >= 0.3 is 0 Å². The summed E-state index contributed by atoms with van der Waals surface area (Å²) in [6.07, 6.45) is 3.42. The Morgan fingerprint density at radius 2 is 2.17 bits per heavy atom. The predicted octanol–water partition coefficient (Wildman–Crippen LogP) is 2.06. The van der Waals surface area contributed by atoms with Crippen molar-refractivity contribution in [3.8, 4) is 5.82 Å². The molecule has 0 fully saturated rings. The molecule has 2 aromatic heterocycles. The minimum absolute atomic E-state index is 0.377. The number of halogens is 1. The van der Waals surface area contributed by atoms with E-state index in [0.717, 1.165) is 23.2 Å². The van der Waals surface area contributed by atoms with Crippen molar-refractivity contribution in [1.29, 1.82) is 0 Å². The second-order valence-corrected chi connectivity index (χ2v) is 4.36. The molecule has 0 atom stereocenters. The summed E-state index contributed by atoms with van der Waals surface area (Å²) in [7, 11) is 0. The lowest BCUT2D eigenvalue weighted by Gasteiger charge is -2.02. The maximum atomic E-state index is 10.4. The van der Waals surface area contributed by atoms with Gasteiger partial charge in [0.2, 0.25) is 0 Å². The molecule has 0 saturated heterocycles. The molecule has 6 heteroatoms. The third kappa shape index (κ3) is 2.41. The molecule has 0 aliphatic heterocycles. The normalized spacial score (nSPS) is 10.6. The SMILES string of the molecule is Cc1c(CCC=O)nn(-c2cc(Cl)ncn2)c1C. The van der Waals surface area contributed by atoms with Crippen molar-refractivity contribution < 1.29 is 4.79 Å². The van der Waals surface area contributed by atoms with Crippen LogP contribution in [0.4, 0.5) is 0 Å². The summed E-state index contributed by atoms with van der Waals surface area (Å²) >= 11 is 5.84. The summed E-state index contributed by atoms with van der Waals surface area (Å²) in [5.41, 5.74) is 2.98. The van der Waals surface area contributed by atoms with Crippen molar-refractivity contribution >= 4 is 17.9 Å². The molecular formula is C12H13ClN4O. The highest BCUT2D eigenvalue weighted by atomic mass is 35.5. The molecule has 0 aromatic carbocycles. The molecule has 0 amide bonds. The van der Waals surface area contributed by atoms with Gasteiger partial charge in [-0.3, -0.25) is 0 Å². The van der Waals surface area contributed by atoms with E-state index < -0.39 is 0 Å². The average molecular weight is 265 g/mol. The van der Waals surface area contributed by atoms with Crippen LogP contribution in [0.2, 0.25) is 5.15 Å². The van der Waals surface area contributed by atoms with Crippen LogP contribution in [0.3, 0.4) is 0 Å². The van der Waals surface area contributed by atoms with Gasteiger partial charge in [-0.25, -0.2) is 14.6 Å². The monoisotopic (exact) mass is 264 g/mol. The van der Waals surface area contributed by atoms with Crippen molar-refractivity contribution in [2.75, 3.05) is 0 Å². The molecule has 0 bridgehead atoms. The van der Waals surface area contributed by atoms with Gasteiger partial charge in [-0.05, 0) is 25.8 Å². The van der Waals surface area contributed by atoms with Crippen molar-refractivity contribution in [2.45, 2.75) is 26.7 Å². The standard InChI is InChI=1S/C12H13ClN4O/c1-8-9(2)17(16-10(8)4-3-5-18)12-6-11(13)14-7-15-12/h5-7H,3-4H2,1-2H3. The molecule has 0 saturated carbocycles. The molecule has 0 radical (unpaired) electrons. The summed E-state index contributed by atoms with van der Waals surface area (Å²) in [6, 6.07) is 1.66. The number of aromatic nitrogens is 4. The van der Waals surface area contributed by atoms with Crippen LogP contribution in [0.15, 0.2) is 12.4 Å². The average Bonchev–Trinajstić information content (AvgIpc) is 2.64. The topological polar surface area (TPSA) is 60.7 Å². The lowest BCUT2D eigenvalue weighted by molar-refractivity contribution is -0.107. The van der Waals surface area contributed by atoms with Gasteiger partial charge in [0.05, 0.1) is 5.69 Å². The highest BCUT2D eigenvalue weighted by Gasteiger charge is 2.12. The van der Waals surface area contributed by atoms with E-state index in [0.29, 0.717) is 23.8 Å². The minimum Gasteiger partial charge on any atom is -0.303 e. The third-order valence-electron chi connectivity index (χ3n) is 2.85.